The van der Waals surface area contributed by atoms with Crippen LogP contribution in [-0.2, 0) is 0 Å². The van der Waals surface area contributed by atoms with Crippen molar-refractivity contribution in [3.05, 3.63) is 35.9 Å². The van der Waals surface area contributed by atoms with Crippen LogP contribution in [0, 0.1) is 5.92 Å². The first kappa shape index (κ1) is 13.1. The Labute approximate surface area is 117 Å². The van der Waals surface area contributed by atoms with Crippen molar-refractivity contribution in [2.75, 3.05) is 13.1 Å². The molecule has 1 aliphatic carbocycles. The van der Waals surface area contributed by atoms with Gasteiger partial charge in [-0.15, -0.1) is 0 Å². The maximum absolute atomic E-state index is 6.32. The molecule has 1 saturated carbocycles. The topological polar surface area (TPSA) is 29.3 Å². The first-order chi connectivity index (χ1) is 9.34. The second kappa shape index (κ2) is 6.06. The van der Waals surface area contributed by atoms with Gasteiger partial charge in [0.15, 0.2) is 0 Å². The normalized spacial score (nSPS) is 29.1. The summed E-state index contributed by atoms with van der Waals surface area (Å²) < 4.78 is 0. The maximum atomic E-state index is 6.32. The highest BCUT2D eigenvalue weighted by Gasteiger charge is 2.34. The molecule has 2 aliphatic rings. The zero-order chi connectivity index (χ0) is 13.1. The van der Waals surface area contributed by atoms with Crippen LogP contribution in [0.5, 0.6) is 0 Å². The molecule has 1 heterocycles. The Morgan fingerprint density at radius 2 is 1.89 bits per heavy atom. The van der Waals surface area contributed by atoms with Crippen LogP contribution in [0.1, 0.15) is 50.1 Å². The van der Waals surface area contributed by atoms with Crippen molar-refractivity contribution in [1.82, 2.24) is 4.90 Å². The van der Waals surface area contributed by atoms with Crippen LogP contribution in [0.3, 0.4) is 0 Å². The van der Waals surface area contributed by atoms with Crippen molar-refractivity contribution < 1.29 is 0 Å². The van der Waals surface area contributed by atoms with Crippen LogP contribution in [0.2, 0.25) is 0 Å². The molecule has 3 rings (SSSR count). The summed E-state index contributed by atoms with van der Waals surface area (Å²) in [6.45, 7) is 2.47. The van der Waals surface area contributed by atoms with Crippen molar-refractivity contribution >= 4 is 0 Å². The van der Waals surface area contributed by atoms with Crippen LogP contribution in [0.25, 0.3) is 0 Å². The summed E-state index contributed by atoms with van der Waals surface area (Å²) in [6, 6.07) is 11.6. The Kier molecular flexibility index (Phi) is 4.19. The van der Waals surface area contributed by atoms with Crippen molar-refractivity contribution in [3.63, 3.8) is 0 Å². The van der Waals surface area contributed by atoms with Crippen LogP contribution in [-0.4, -0.2) is 24.0 Å². The predicted molar refractivity (Wildman–Crippen MR) is 79.9 cm³/mol. The monoisotopic (exact) mass is 258 g/mol. The average Bonchev–Trinajstić information content (AvgIpc) is 2.94. The number of nitrogens with two attached hydrogens (primary N) is 1. The van der Waals surface area contributed by atoms with Crippen molar-refractivity contribution in [2.45, 2.75) is 50.6 Å². The molecule has 2 N–H and O–H groups in total. The molecule has 0 aromatic heterocycles. The fourth-order valence-electron chi connectivity index (χ4n) is 4.01. The number of hydrogen-bond donors (Lipinski definition) is 1. The minimum atomic E-state index is 0.197. The zero-order valence-corrected chi connectivity index (χ0v) is 11.8. The van der Waals surface area contributed by atoms with Gasteiger partial charge in [0, 0.05) is 18.6 Å². The molecule has 0 amide bonds. The van der Waals surface area contributed by atoms with Crippen LogP contribution < -0.4 is 5.73 Å². The highest BCUT2D eigenvalue weighted by atomic mass is 15.2. The third kappa shape index (κ3) is 3.01. The number of likely N-dealkylation sites (tertiary alicyclic amines) is 1. The lowest BCUT2D eigenvalue weighted by Crippen LogP contribution is -2.43. The number of rotatable bonds is 4. The maximum Gasteiger partial charge on any atom is 0.0307 e. The standard InChI is InChI=1S/C17H26N2/c18-16(14-6-2-1-3-7-14)11-13-19-12-5-9-15-8-4-10-17(15)19/h1-3,6-7,15-17H,4-5,8-13,18H2. The van der Waals surface area contributed by atoms with E-state index < -0.39 is 0 Å². The number of fused-ring (bicyclic) bond motifs is 1. The van der Waals surface area contributed by atoms with E-state index in [0.717, 1.165) is 18.4 Å². The fourth-order valence-corrected chi connectivity index (χ4v) is 4.01. The smallest absolute Gasteiger partial charge is 0.0307 e. The van der Waals surface area contributed by atoms with E-state index in [2.05, 4.69) is 35.2 Å². The number of nitrogens with zero attached hydrogens (tertiary/aromatic N) is 1. The van der Waals surface area contributed by atoms with Crippen LogP contribution in [0.15, 0.2) is 30.3 Å². The summed E-state index contributed by atoms with van der Waals surface area (Å²) in [5.74, 6) is 0.988. The van der Waals surface area contributed by atoms with Crippen molar-refractivity contribution in [2.24, 2.45) is 11.7 Å². The van der Waals surface area contributed by atoms with Gasteiger partial charge in [0.2, 0.25) is 0 Å². The zero-order valence-electron chi connectivity index (χ0n) is 11.8. The third-order valence-corrected chi connectivity index (χ3v) is 5.06. The molecule has 2 fully saturated rings. The van der Waals surface area contributed by atoms with Gasteiger partial charge in [-0.1, -0.05) is 36.8 Å². The molecule has 2 heteroatoms. The number of hydrogen-bond acceptors (Lipinski definition) is 2. The summed E-state index contributed by atoms with van der Waals surface area (Å²) in [7, 11) is 0. The minimum absolute atomic E-state index is 0.197. The Morgan fingerprint density at radius 3 is 2.74 bits per heavy atom. The van der Waals surface area contributed by atoms with Gasteiger partial charge in [0.25, 0.3) is 0 Å². The highest BCUT2D eigenvalue weighted by molar-refractivity contribution is 5.18. The van der Waals surface area contributed by atoms with Gasteiger partial charge in [-0.05, 0) is 50.1 Å². The first-order valence-electron chi connectivity index (χ1n) is 7.89. The highest BCUT2D eigenvalue weighted by Crippen LogP contribution is 2.36. The molecule has 1 saturated heterocycles. The fraction of sp³-hybridized carbons (Fsp3) is 0.647. The summed E-state index contributed by atoms with van der Waals surface area (Å²) in [6.07, 6.45) is 8.27. The predicted octanol–water partition coefficient (Wildman–Crippen LogP) is 3.34. The molecule has 104 valence electrons. The summed E-state index contributed by atoms with van der Waals surface area (Å²) in [5, 5.41) is 0. The summed E-state index contributed by atoms with van der Waals surface area (Å²) in [5.41, 5.74) is 7.60. The molecule has 1 aliphatic heterocycles. The first-order valence-corrected chi connectivity index (χ1v) is 7.89. The molecular formula is C17H26N2. The molecule has 2 nitrogen and oxygen atoms in total. The molecule has 1 aromatic carbocycles. The van der Waals surface area contributed by atoms with E-state index in [9.17, 15) is 0 Å². The molecule has 0 spiro atoms. The van der Waals surface area contributed by atoms with E-state index >= 15 is 0 Å². The number of benzene rings is 1. The lowest BCUT2D eigenvalue weighted by molar-refractivity contribution is 0.109. The lowest BCUT2D eigenvalue weighted by atomic mass is 9.91. The Hall–Kier alpha value is -0.860. The van der Waals surface area contributed by atoms with Gasteiger partial charge in [0.05, 0.1) is 0 Å². The van der Waals surface area contributed by atoms with Gasteiger partial charge in [-0.3, -0.25) is 0 Å². The van der Waals surface area contributed by atoms with Gasteiger partial charge >= 0.3 is 0 Å². The average molecular weight is 258 g/mol. The molecular weight excluding hydrogens is 232 g/mol. The van der Waals surface area contributed by atoms with E-state index in [1.165, 1.54) is 50.8 Å². The van der Waals surface area contributed by atoms with Gasteiger partial charge in [-0.25, -0.2) is 0 Å². The third-order valence-electron chi connectivity index (χ3n) is 5.06. The largest absolute Gasteiger partial charge is 0.324 e. The van der Waals surface area contributed by atoms with Gasteiger partial charge < -0.3 is 10.6 Å². The van der Waals surface area contributed by atoms with E-state index in [1.807, 2.05) is 0 Å². The Morgan fingerprint density at radius 1 is 1.11 bits per heavy atom. The van der Waals surface area contributed by atoms with Gasteiger partial charge in [-0.2, -0.15) is 0 Å². The van der Waals surface area contributed by atoms with E-state index in [4.69, 9.17) is 5.73 Å². The molecule has 0 radical (unpaired) electrons. The quantitative estimate of drug-likeness (QED) is 0.897. The molecule has 0 bridgehead atoms. The summed E-state index contributed by atoms with van der Waals surface area (Å²) in [4.78, 5) is 2.73. The van der Waals surface area contributed by atoms with Crippen molar-refractivity contribution in [3.8, 4) is 0 Å². The summed E-state index contributed by atoms with van der Waals surface area (Å²) >= 11 is 0. The van der Waals surface area contributed by atoms with Crippen LogP contribution >= 0.6 is 0 Å². The van der Waals surface area contributed by atoms with E-state index in [0.29, 0.717) is 0 Å². The van der Waals surface area contributed by atoms with E-state index in [1.54, 1.807) is 0 Å². The number of piperidine rings is 1. The molecule has 1 aromatic rings. The SMILES string of the molecule is NC(CCN1CCCC2CCCC21)c1ccccc1. The lowest BCUT2D eigenvalue weighted by Gasteiger charge is -2.38. The molecule has 3 atom stereocenters. The Bertz CT molecular complexity index is 390. The van der Waals surface area contributed by atoms with E-state index in [-0.39, 0.29) is 6.04 Å². The van der Waals surface area contributed by atoms with Gasteiger partial charge in [0.1, 0.15) is 0 Å². The molecule has 3 unspecified atom stereocenters. The second-order valence-electron chi connectivity index (χ2n) is 6.24. The molecule has 19 heavy (non-hydrogen) atoms. The Balaban J connectivity index is 1.54. The second-order valence-corrected chi connectivity index (χ2v) is 6.24. The van der Waals surface area contributed by atoms with Crippen molar-refractivity contribution in [1.29, 1.82) is 0 Å². The van der Waals surface area contributed by atoms with Crippen LogP contribution in [0.4, 0.5) is 0 Å². The minimum Gasteiger partial charge on any atom is -0.324 e.